The maximum atomic E-state index is 11.5. The zero-order valence-electron chi connectivity index (χ0n) is 8.48. The first kappa shape index (κ1) is 12.0. The molecule has 0 aliphatic carbocycles. The average Bonchev–Trinajstić information content (AvgIpc) is 2.84. The van der Waals surface area contributed by atoms with E-state index in [0.29, 0.717) is 4.88 Å². The Balaban J connectivity index is 2.54. The Labute approximate surface area is 108 Å². The van der Waals surface area contributed by atoms with Crippen LogP contribution >= 0.6 is 27.3 Å². The van der Waals surface area contributed by atoms with Crippen LogP contribution in [0.3, 0.4) is 0 Å². The summed E-state index contributed by atoms with van der Waals surface area (Å²) in [6.45, 7) is 0. The van der Waals surface area contributed by atoms with Gasteiger partial charge < -0.3 is 9.47 Å². The van der Waals surface area contributed by atoms with Crippen molar-refractivity contribution in [1.82, 2.24) is 0 Å². The molecule has 0 fully saturated rings. The van der Waals surface area contributed by atoms with Gasteiger partial charge in [-0.15, -0.1) is 11.3 Å². The second-order valence-electron chi connectivity index (χ2n) is 3.04. The van der Waals surface area contributed by atoms with E-state index >= 15 is 0 Å². The standard InChI is InChI=1S/C10H5BrO5S/c1-15-9(13)6-7(12)10(14)16-8(6)5-2-4(11)3-17-5/h2-3H,1H3. The Morgan fingerprint density at radius 2 is 2.18 bits per heavy atom. The van der Waals surface area contributed by atoms with E-state index in [1.165, 1.54) is 11.3 Å². The fraction of sp³-hybridized carbons (Fsp3) is 0.100. The summed E-state index contributed by atoms with van der Waals surface area (Å²) in [6, 6.07) is 1.65. The molecule has 0 saturated carbocycles. The summed E-state index contributed by atoms with van der Waals surface area (Å²) in [6.07, 6.45) is 0. The van der Waals surface area contributed by atoms with Gasteiger partial charge in [-0.2, -0.15) is 0 Å². The first-order valence-corrected chi connectivity index (χ1v) is 6.05. The van der Waals surface area contributed by atoms with E-state index < -0.39 is 17.7 Å². The quantitative estimate of drug-likeness (QED) is 0.470. The number of esters is 2. The number of cyclic esters (lactones) is 1. The van der Waals surface area contributed by atoms with E-state index in [9.17, 15) is 14.4 Å². The van der Waals surface area contributed by atoms with Crippen LogP contribution < -0.4 is 0 Å². The van der Waals surface area contributed by atoms with Crippen molar-refractivity contribution in [2.75, 3.05) is 7.11 Å². The lowest BCUT2D eigenvalue weighted by Crippen LogP contribution is -2.16. The maximum absolute atomic E-state index is 11.5. The van der Waals surface area contributed by atoms with Crippen LogP contribution in [0.4, 0.5) is 0 Å². The van der Waals surface area contributed by atoms with Gasteiger partial charge in [0.15, 0.2) is 11.3 Å². The van der Waals surface area contributed by atoms with Gasteiger partial charge in [0, 0.05) is 9.85 Å². The Kier molecular flexibility index (Phi) is 3.12. The van der Waals surface area contributed by atoms with E-state index in [4.69, 9.17) is 4.74 Å². The molecule has 0 N–H and O–H groups in total. The summed E-state index contributed by atoms with van der Waals surface area (Å²) in [5, 5.41) is 1.74. The molecular weight excluding hydrogens is 312 g/mol. The highest BCUT2D eigenvalue weighted by molar-refractivity contribution is 9.10. The van der Waals surface area contributed by atoms with Gasteiger partial charge in [-0.25, -0.2) is 9.59 Å². The number of thiophene rings is 1. The lowest BCUT2D eigenvalue weighted by Gasteiger charge is -1.99. The number of hydrogen-bond donors (Lipinski definition) is 0. The third-order valence-corrected chi connectivity index (χ3v) is 3.70. The van der Waals surface area contributed by atoms with Gasteiger partial charge in [0.2, 0.25) is 0 Å². The third kappa shape index (κ3) is 2.03. The number of carbonyl (C=O) groups is 3. The molecule has 1 aromatic rings. The zero-order chi connectivity index (χ0) is 12.6. The fourth-order valence-corrected chi connectivity index (χ4v) is 2.70. The highest BCUT2D eigenvalue weighted by Gasteiger charge is 2.40. The van der Waals surface area contributed by atoms with Gasteiger partial charge in [0.1, 0.15) is 0 Å². The lowest BCUT2D eigenvalue weighted by atomic mass is 10.1. The molecule has 0 aromatic carbocycles. The van der Waals surface area contributed by atoms with Crippen LogP contribution in [0, 0.1) is 0 Å². The minimum absolute atomic E-state index is 0.0393. The smallest absolute Gasteiger partial charge is 0.385 e. The van der Waals surface area contributed by atoms with Crippen LogP contribution in [-0.4, -0.2) is 24.8 Å². The largest absolute Gasteiger partial charge is 0.465 e. The molecule has 0 bridgehead atoms. The second kappa shape index (κ2) is 4.42. The average molecular weight is 317 g/mol. The number of rotatable bonds is 2. The van der Waals surface area contributed by atoms with Crippen LogP contribution in [0.15, 0.2) is 21.5 Å². The molecule has 7 heteroatoms. The molecule has 17 heavy (non-hydrogen) atoms. The summed E-state index contributed by atoms with van der Waals surface area (Å²) in [4.78, 5) is 34.6. The molecule has 0 unspecified atom stereocenters. The van der Waals surface area contributed by atoms with E-state index in [1.807, 2.05) is 0 Å². The molecule has 0 atom stereocenters. The fourth-order valence-electron chi connectivity index (χ4n) is 1.29. The number of halogens is 1. The van der Waals surface area contributed by atoms with E-state index in [1.54, 1.807) is 11.4 Å². The van der Waals surface area contributed by atoms with Crippen molar-refractivity contribution >= 4 is 50.7 Å². The maximum Gasteiger partial charge on any atom is 0.385 e. The summed E-state index contributed by atoms with van der Waals surface area (Å²) in [5.41, 5.74) is -0.355. The Hall–Kier alpha value is -1.47. The number of ketones is 1. The van der Waals surface area contributed by atoms with Crippen LogP contribution in [-0.2, 0) is 23.9 Å². The minimum Gasteiger partial charge on any atom is -0.465 e. The van der Waals surface area contributed by atoms with Crippen molar-refractivity contribution in [2.24, 2.45) is 0 Å². The normalized spacial score (nSPS) is 15.2. The molecule has 0 radical (unpaired) electrons. The van der Waals surface area contributed by atoms with Gasteiger partial charge >= 0.3 is 11.9 Å². The molecule has 1 aromatic heterocycles. The number of Topliss-reactive ketones (excluding diaryl/α,β-unsaturated/α-hetero) is 1. The Morgan fingerprint density at radius 3 is 2.71 bits per heavy atom. The van der Waals surface area contributed by atoms with Crippen LogP contribution in [0.1, 0.15) is 4.88 Å². The van der Waals surface area contributed by atoms with Crippen molar-refractivity contribution < 1.29 is 23.9 Å². The molecule has 88 valence electrons. The summed E-state index contributed by atoms with van der Waals surface area (Å²) in [5.74, 6) is -2.95. The van der Waals surface area contributed by atoms with Gasteiger partial charge in [0.05, 0.1) is 12.0 Å². The topological polar surface area (TPSA) is 69.7 Å². The summed E-state index contributed by atoms with van der Waals surface area (Å²) >= 11 is 4.47. The first-order valence-electron chi connectivity index (χ1n) is 4.38. The van der Waals surface area contributed by atoms with Crippen LogP contribution in [0.25, 0.3) is 5.76 Å². The molecule has 5 nitrogen and oxygen atoms in total. The van der Waals surface area contributed by atoms with Gasteiger partial charge in [-0.1, -0.05) is 0 Å². The van der Waals surface area contributed by atoms with Crippen molar-refractivity contribution in [1.29, 1.82) is 0 Å². The SMILES string of the molecule is COC(=O)C1=C(c2cc(Br)cs2)OC(=O)C1=O. The van der Waals surface area contributed by atoms with Crippen LogP contribution in [0.5, 0.6) is 0 Å². The van der Waals surface area contributed by atoms with Crippen LogP contribution in [0.2, 0.25) is 0 Å². The van der Waals surface area contributed by atoms with Gasteiger partial charge in [-0.05, 0) is 22.0 Å². The number of hydrogen-bond acceptors (Lipinski definition) is 6. The first-order chi connectivity index (χ1) is 8.04. The van der Waals surface area contributed by atoms with Crippen molar-refractivity contribution in [2.45, 2.75) is 0 Å². The van der Waals surface area contributed by atoms with Crippen molar-refractivity contribution in [3.8, 4) is 0 Å². The van der Waals surface area contributed by atoms with E-state index in [2.05, 4.69) is 20.7 Å². The van der Waals surface area contributed by atoms with Gasteiger partial charge in [-0.3, -0.25) is 4.79 Å². The second-order valence-corrected chi connectivity index (χ2v) is 4.87. The van der Waals surface area contributed by atoms with E-state index in [0.717, 1.165) is 11.6 Å². The molecule has 2 rings (SSSR count). The van der Waals surface area contributed by atoms with Crippen molar-refractivity contribution in [3.63, 3.8) is 0 Å². The Morgan fingerprint density at radius 1 is 1.47 bits per heavy atom. The summed E-state index contributed by atoms with van der Waals surface area (Å²) in [7, 11) is 1.13. The number of carbonyl (C=O) groups excluding carboxylic acids is 3. The molecular formula is C10H5BrO5S. The molecule has 0 amide bonds. The third-order valence-electron chi connectivity index (χ3n) is 2.02. The highest BCUT2D eigenvalue weighted by Crippen LogP contribution is 2.33. The monoisotopic (exact) mass is 316 g/mol. The molecule has 2 heterocycles. The summed E-state index contributed by atoms with van der Waals surface area (Å²) < 4.78 is 10.0. The predicted octanol–water partition coefficient (Wildman–Crippen LogP) is 1.52. The lowest BCUT2D eigenvalue weighted by molar-refractivity contribution is -0.146. The molecule has 1 aliphatic heterocycles. The van der Waals surface area contributed by atoms with Crippen molar-refractivity contribution in [3.05, 3.63) is 26.4 Å². The molecule has 0 spiro atoms. The zero-order valence-corrected chi connectivity index (χ0v) is 10.9. The number of methoxy groups -OCH3 is 1. The predicted molar refractivity (Wildman–Crippen MR) is 62.1 cm³/mol. The minimum atomic E-state index is -1.06. The van der Waals surface area contributed by atoms with Gasteiger partial charge in [0.25, 0.3) is 5.78 Å². The Bertz CT molecular complexity index is 557. The highest BCUT2D eigenvalue weighted by atomic mass is 79.9. The molecule has 1 aliphatic rings. The molecule has 0 saturated heterocycles. The number of ether oxygens (including phenoxy) is 2. The van der Waals surface area contributed by atoms with E-state index in [-0.39, 0.29) is 11.3 Å².